The summed E-state index contributed by atoms with van der Waals surface area (Å²) in [6, 6.07) is 1.85. The smallest absolute Gasteiger partial charge is 0.241 e. The van der Waals surface area contributed by atoms with Crippen LogP contribution in [0.1, 0.15) is 49.1 Å². The Balaban J connectivity index is 1.83. The number of nitrogens with zero attached hydrogens (tertiary/aromatic N) is 1. The van der Waals surface area contributed by atoms with Crippen molar-refractivity contribution in [3.05, 3.63) is 22.0 Å². The van der Waals surface area contributed by atoms with Crippen LogP contribution in [0.15, 0.2) is 16.3 Å². The molecule has 0 radical (unpaired) electrons. The molecule has 0 saturated heterocycles. The van der Waals surface area contributed by atoms with Crippen molar-refractivity contribution in [2.75, 3.05) is 0 Å². The molecule has 2 aromatic rings. The summed E-state index contributed by atoms with van der Waals surface area (Å²) in [6.45, 7) is 3.82. The van der Waals surface area contributed by atoms with Crippen molar-refractivity contribution in [3.8, 4) is 9.88 Å². The SMILES string of the molecule is Cc1csc(-c2cc(S(=O)(=O)NC3CCCCCC3)c(C)s2)n1. The van der Waals surface area contributed by atoms with E-state index in [0.29, 0.717) is 4.90 Å². The van der Waals surface area contributed by atoms with E-state index in [4.69, 9.17) is 0 Å². The van der Waals surface area contributed by atoms with E-state index in [2.05, 4.69) is 9.71 Å². The van der Waals surface area contributed by atoms with E-state index in [-0.39, 0.29) is 6.04 Å². The molecular weight excluding hydrogens is 348 g/mol. The van der Waals surface area contributed by atoms with Crippen LogP contribution in [-0.2, 0) is 10.0 Å². The Kier molecular flexibility index (Phi) is 5.20. The van der Waals surface area contributed by atoms with Gasteiger partial charge in [0.25, 0.3) is 0 Å². The number of thiazole rings is 1. The van der Waals surface area contributed by atoms with Crippen LogP contribution in [0.25, 0.3) is 9.88 Å². The van der Waals surface area contributed by atoms with Gasteiger partial charge in [-0.05, 0) is 32.8 Å². The molecule has 0 atom stereocenters. The maximum Gasteiger partial charge on any atom is 0.241 e. The first-order valence-electron chi connectivity index (χ1n) is 8.01. The molecule has 0 aromatic carbocycles. The van der Waals surface area contributed by atoms with E-state index in [1.54, 1.807) is 17.4 Å². The number of hydrogen-bond acceptors (Lipinski definition) is 5. The van der Waals surface area contributed by atoms with Crippen LogP contribution >= 0.6 is 22.7 Å². The monoisotopic (exact) mass is 370 g/mol. The van der Waals surface area contributed by atoms with Crippen LogP contribution in [-0.4, -0.2) is 19.4 Å². The lowest BCUT2D eigenvalue weighted by atomic mass is 10.1. The van der Waals surface area contributed by atoms with Crippen molar-refractivity contribution in [1.82, 2.24) is 9.71 Å². The summed E-state index contributed by atoms with van der Waals surface area (Å²) < 4.78 is 28.4. The second kappa shape index (κ2) is 7.01. The first-order chi connectivity index (χ1) is 11.0. The highest BCUT2D eigenvalue weighted by Crippen LogP contribution is 2.35. The summed E-state index contributed by atoms with van der Waals surface area (Å²) in [5.41, 5.74) is 0.969. The van der Waals surface area contributed by atoms with Crippen molar-refractivity contribution in [2.24, 2.45) is 0 Å². The molecule has 126 valence electrons. The zero-order valence-corrected chi connectivity index (χ0v) is 15.9. The fraction of sp³-hybridized carbons (Fsp3) is 0.562. The second-order valence-corrected chi connectivity index (χ2v) is 9.93. The molecule has 4 nitrogen and oxygen atoms in total. The van der Waals surface area contributed by atoms with Gasteiger partial charge in [-0.15, -0.1) is 22.7 Å². The van der Waals surface area contributed by atoms with Crippen LogP contribution < -0.4 is 4.72 Å². The zero-order chi connectivity index (χ0) is 16.4. The minimum atomic E-state index is -3.45. The number of nitrogens with one attached hydrogen (secondary N) is 1. The second-order valence-electron chi connectivity index (χ2n) is 6.13. The fourth-order valence-corrected chi connectivity index (χ4v) is 6.74. The van der Waals surface area contributed by atoms with Gasteiger partial charge in [0.2, 0.25) is 10.0 Å². The molecule has 1 saturated carbocycles. The molecule has 0 bridgehead atoms. The molecular formula is C16H22N2O2S3. The molecule has 0 amide bonds. The predicted octanol–water partition coefficient (Wildman–Crippen LogP) is 4.49. The average Bonchev–Trinajstić information content (AvgIpc) is 2.99. The standard InChI is InChI=1S/C16H22N2O2S3/c1-11-10-21-16(17-11)14-9-15(12(2)22-14)23(19,20)18-13-7-5-3-4-6-8-13/h9-10,13,18H,3-8H2,1-2H3. The lowest BCUT2D eigenvalue weighted by molar-refractivity contribution is 0.510. The van der Waals surface area contributed by atoms with Crippen LogP contribution in [0.3, 0.4) is 0 Å². The quantitative estimate of drug-likeness (QED) is 0.807. The molecule has 23 heavy (non-hydrogen) atoms. The third-order valence-corrected chi connectivity index (χ3v) is 8.12. The Morgan fingerprint density at radius 3 is 2.48 bits per heavy atom. The fourth-order valence-electron chi connectivity index (χ4n) is 2.98. The van der Waals surface area contributed by atoms with E-state index < -0.39 is 10.0 Å². The number of hydrogen-bond donors (Lipinski definition) is 1. The maximum atomic E-state index is 12.8. The molecule has 0 spiro atoms. The summed E-state index contributed by atoms with van der Waals surface area (Å²) >= 11 is 3.06. The van der Waals surface area contributed by atoms with Gasteiger partial charge in [0.05, 0.1) is 9.77 Å². The van der Waals surface area contributed by atoms with Crippen molar-refractivity contribution in [2.45, 2.75) is 63.3 Å². The van der Waals surface area contributed by atoms with Crippen LogP contribution in [0.2, 0.25) is 0 Å². The van der Waals surface area contributed by atoms with Crippen LogP contribution in [0.4, 0.5) is 0 Å². The Hall–Kier alpha value is -0.760. The third kappa shape index (κ3) is 4.02. The molecule has 1 aliphatic carbocycles. The molecule has 0 aliphatic heterocycles. The zero-order valence-electron chi connectivity index (χ0n) is 13.5. The Labute approximate surface area is 146 Å². The number of thiophene rings is 1. The van der Waals surface area contributed by atoms with Gasteiger partial charge in [-0.25, -0.2) is 18.1 Å². The molecule has 7 heteroatoms. The van der Waals surface area contributed by atoms with Gasteiger partial charge in [-0.1, -0.05) is 25.7 Å². The topological polar surface area (TPSA) is 59.1 Å². The van der Waals surface area contributed by atoms with E-state index in [1.165, 1.54) is 24.2 Å². The first kappa shape index (κ1) is 17.1. The van der Waals surface area contributed by atoms with Gasteiger partial charge in [0.15, 0.2) is 0 Å². The Bertz CT molecular complexity index is 769. The normalized spacial score (nSPS) is 17.3. The Morgan fingerprint density at radius 1 is 1.17 bits per heavy atom. The predicted molar refractivity (Wildman–Crippen MR) is 96.7 cm³/mol. The molecule has 1 aliphatic rings. The van der Waals surface area contributed by atoms with Crippen molar-refractivity contribution in [3.63, 3.8) is 0 Å². The van der Waals surface area contributed by atoms with E-state index in [1.807, 2.05) is 19.2 Å². The van der Waals surface area contributed by atoms with Gasteiger partial charge in [0, 0.05) is 22.0 Å². The van der Waals surface area contributed by atoms with Gasteiger partial charge in [-0.3, -0.25) is 0 Å². The van der Waals surface area contributed by atoms with E-state index in [9.17, 15) is 8.42 Å². The number of rotatable bonds is 4. The molecule has 1 fully saturated rings. The van der Waals surface area contributed by atoms with Gasteiger partial charge >= 0.3 is 0 Å². The highest BCUT2D eigenvalue weighted by atomic mass is 32.2. The first-order valence-corrected chi connectivity index (χ1v) is 11.2. The summed E-state index contributed by atoms with van der Waals surface area (Å²) in [7, 11) is -3.45. The largest absolute Gasteiger partial charge is 0.241 e. The summed E-state index contributed by atoms with van der Waals surface area (Å²) in [6.07, 6.45) is 6.54. The number of aromatic nitrogens is 1. The Morgan fingerprint density at radius 2 is 1.87 bits per heavy atom. The molecule has 2 heterocycles. The highest BCUT2D eigenvalue weighted by molar-refractivity contribution is 7.89. The van der Waals surface area contributed by atoms with E-state index >= 15 is 0 Å². The molecule has 3 rings (SSSR count). The molecule has 2 aromatic heterocycles. The average molecular weight is 371 g/mol. The lowest BCUT2D eigenvalue weighted by Gasteiger charge is -2.16. The maximum absolute atomic E-state index is 12.8. The van der Waals surface area contributed by atoms with Crippen molar-refractivity contribution in [1.29, 1.82) is 0 Å². The van der Waals surface area contributed by atoms with Gasteiger partial charge < -0.3 is 0 Å². The minimum Gasteiger partial charge on any atom is -0.241 e. The number of aryl methyl sites for hydroxylation is 2. The summed E-state index contributed by atoms with van der Waals surface area (Å²) in [4.78, 5) is 6.63. The van der Waals surface area contributed by atoms with Crippen LogP contribution in [0, 0.1) is 13.8 Å². The lowest BCUT2D eigenvalue weighted by Crippen LogP contribution is -2.34. The van der Waals surface area contributed by atoms with Crippen molar-refractivity contribution < 1.29 is 8.42 Å². The third-order valence-electron chi connectivity index (χ3n) is 4.17. The van der Waals surface area contributed by atoms with Crippen molar-refractivity contribution >= 4 is 32.7 Å². The van der Waals surface area contributed by atoms with Gasteiger partial charge in [0.1, 0.15) is 5.01 Å². The van der Waals surface area contributed by atoms with E-state index in [0.717, 1.165) is 46.1 Å². The molecule has 1 N–H and O–H groups in total. The van der Waals surface area contributed by atoms with Gasteiger partial charge in [-0.2, -0.15) is 0 Å². The highest BCUT2D eigenvalue weighted by Gasteiger charge is 2.25. The number of sulfonamides is 1. The molecule has 0 unspecified atom stereocenters. The summed E-state index contributed by atoms with van der Waals surface area (Å²) in [5, 5.41) is 2.88. The minimum absolute atomic E-state index is 0.0763. The summed E-state index contributed by atoms with van der Waals surface area (Å²) in [5.74, 6) is 0. The van der Waals surface area contributed by atoms with Crippen LogP contribution in [0.5, 0.6) is 0 Å².